The number of H-pyrrole nitrogens is 1. The van der Waals surface area contributed by atoms with Crippen molar-refractivity contribution < 1.29 is 13.2 Å². The molecular formula is C11H11ClN4O3S2. The highest BCUT2D eigenvalue weighted by Gasteiger charge is 2.18. The van der Waals surface area contributed by atoms with Crippen LogP contribution in [0.25, 0.3) is 0 Å². The Hall–Kier alpha value is -1.71. The van der Waals surface area contributed by atoms with E-state index < -0.39 is 15.9 Å². The summed E-state index contributed by atoms with van der Waals surface area (Å²) in [4.78, 5) is 11.7. The first-order valence-electron chi connectivity index (χ1n) is 5.55. The molecule has 1 amide bonds. The molecule has 2 aromatic rings. The van der Waals surface area contributed by atoms with Crippen LogP contribution in [0.5, 0.6) is 0 Å². The first-order valence-corrected chi connectivity index (χ1v) is 8.63. The molecule has 1 aromatic heterocycles. The Kier molecular flexibility index (Phi) is 4.45. The van der Waals surface area contributed by atoms with Gasteiger partial charge in [0.05, 0.1) is 9.92 Å². The molecule has 0 atom stereocenters. The molecule has 112 valence electrons. The van der Waals surface area contributed by atoms with Gasteiger partial charge >= 0.3 is 0 Å². The first-order chi connectivity index (χ1) is 9.83. The van der Waals surface area contributed by atoms with Crippen molar-refractivity contribution in [3.05, 3.63) is 35.0 Å². The van der Waals surface area contributed by atoms with Gasteiger partial charge in [0.25, 0.3) is 15.9 Å². The zero-order valence-corrected chi connectivity index (χ0v) is 13.1. The number of carbonyl (C=O) groups is 1. The third-order valence-electron chi connectivity index (χ3n) is 2.52. The lowest BCUT2D eigenvalue weighted by Gasteiger charge is -2.07. The van der Waals surface area contributed by atoms with Crippen LogP contribution in [0.15, 0.2) is 34.1 Å². The molecule has 10 heteroatoms. The van der Waals surface area contributed by atoms with E-state index in [2.05, 4.69) is 14.9 Å². The average Bonchev–Trinajstić information content (AvgIpc) is 2.86. The van der Waals surface area contributed by atoms with Gasteiger partial charge in [0.15, 0.2) is 5.82 Å². The number of benzene rings is 1. The van der Waals surface area contributed by atoms with E-state index in [0.29, 0.717) is 5.02 Å². The van der Waals surface area contributed by atoms with Gasteiger partial charge in [0, 0.05) is 11.0 Å². The summed E-state index contributed by atoms with van der Waals surface area (Å²) in [6, 6.07) is 5.60. The predicted molar refractivity (Wildman–Crippen MR) is 81.1 cm³/mol. The number of nitrogens with zero attached hydrogens (tertiary/aromatic N) is 1. The highest BCUT2D eigenvalue weighted by Crippen LogP contribution is 2.28. The van der Waals surface area contributed by atoms with Crippen molar-refractivity contribution in [1.82, 2.24) is 10.2 Å². The van der Waals surface area contributed by atoms with E-state index in [0.717, 1.165) is 4.90 Å². The molecule has 1 aromatic carbocycles. The molecule has 0 aliphatic carbocycles. The normalized spacial score (nSPS) is 11.3. The number of thioether (sulfide) groups is 1. The Morgan fingerprint density at radius 2 is 2.14 bits per heavy atom. The van der Waals surface area contributed by atoms with Gasteiger partial charge in [-0.3, -0.25) is 14.6 Å². The number of rotatable bonds is 5. The van der Waals surface area contributed by atoms with Gasteiger partial charge in [-0.05, 0) is 24.5 Å². The molecule has 0 bridgehead atoms. The maximum Gasteiger partial charge on any atom is 0.266 e. The molecule has 0 fully saturated rings. The number of anilines is 1. The second-order valence-corrected chi connectivity index (χ2v) is 6.87. The Labute approximate surface area is 130 Å². The van der Waals surface area contributed by atoms with Crippen molar-refractivity contribution in [2.75, 3.05) is 11.0 Å². The average molecular weight is 347 g/mol. The van der Waals surface area contributed by atoms with Crippen LogP contribution in [-0.2, 0) is 10.0 Å². The molecule has 0 spiro atoms. The van der Waals surface area contributed by atoms with Crippen LogP contribution in [0.3, 0.4) is 0 Å². The van der Waals surface area contributed by atoms with Crippen LogP contribution >= 0.6 is 23.4 Å². The highest BCUT2D eigenvalue weighted by molar-refractivity contribution is 7.98. The molecule has 0 saturated heterocycles. The number of nitrogens with two attached hydrogens (primary N) is 1. The number of nitrogens with one attached hydrogen (secondary N) is 2. The number of primary amides is 1. The first kappa shape index (κ1) is 15.7. The number of hydrogen-bond acceptors (Lipinski definition) is 5. The lowest BCUT2D eigenvalue weighted by atomic mass is 10.4. The predicted octanol–water partition coefficient (Wildman–Crippen LogP) is 1.68. The van der Waals surface area contributed by atoms with E-state index in [1.165, 1.54) is 30.0 Å². The second-order valence-electron chi connectivity index (χ2n) is 3.93. The third kappa shape index (κ3) is 3.49. The summed E-state index contributed by atoms with van der Waals surface area (Å²) in [5.41, 5.74) is 5.05. The van der Waals surface area contributed by atoms with E-state index in [9.17, 15) is 13.2 Å². The number of carbonyl (C=O) groups excluding carboxylic acids is 1. The van der Waals surface area contributed by atoms with E-state index in [4.69, 9.17) is 17.3 Å². The van der Waals surface area contributed by atoms with Gasteiger partial charge in [-0.15, -0.1) is 11.8 Å². The molecule has 4 N–H and O–H groups in total. The molecular weight excluding hydrogens is 336 g/mol. The minimum Gasteiger partial charge on any atom is -0.364 e. The third-order valence-corrected chi connectivity index (χ3v) is 5.09. The molecule has 0 radical (unpaired) electrons. The maximum atomic E-state index is 12.2. The number of aromatic amines is 1. The second kappa shape index (κ2) is 5.96. The lowest BCUT2D eigenvalue weighted by molar-refractivity contribution is 0.0995. The Morgan fingerprint density at radius 3 is 2.67 bits per heavy atom. The number of halogens is 1. The molecule has 0 saturated carbocycles. The van der Waals surface area contributed by atoms with Gasteiger partial charge in [-0.2, -0.15) is 5.10 Å². The van der Waals surface area contributed by atoms with Gasteiger partial charge < -0.3 is 5.73 Å². The number of sulfonamides is 1. The van der Waals surface area contributed by atoms with Gasteiger partial charge in [-0.1, -0.05) is 11.6 Å². The van der Waals surface area contributed by atoms with Crippen molar-refractivity contribution in [1.29, 1.82) is 0 Å². The topological polar surface area (TPSA) is 118 Å². The molecule has 0 unspecified atom stereocenters. The van der Waals surface area contributed by atoms with Crippen molar-refractivity contribution in [2.24, 2.45) is 5.73 Å². The fourth-order valence-electron chi connectivity index (χ4n) is 1.51. The van der Waals surface area contributed by atoms with E-state index in [-0.39, 0.29) is 16.4 Å². The van der Waals surface area contributed by atoms with Crippen LogP contribution in [0.2, 0.25) is 5.02 Å². The fraction of sp³-hybridized carbons (Fsp3) is 0.0909. The Bertz CT molecular complexity index is 789. The molecule has 0 aliphatic heterocycles. The van der Waals surface area contributed by atoms with Crippen molar-refractivity contribution in [2.45, 2.75) is 9.79 Å². The monoisotopic (exact) mass is 346 g/mol. The smallest absolute Gasteiger partial charge is 0.266 e. The quantitative estimate of drug-likeness (QED) is 0.712. The molecule has 21 heavy (non-hydrogen) atoms. The molecule has 7 nitrogen and oxygen atoms in total. The summed E-state index contributed by atoms with van der Waals surface area (Å²) in [6.45, 7) is 0. The summed E-state index contributed by atoms with van der Waals surface area (Å²) in [7, 11) is -3.85. The SMILES string of the molecule is CSc1ccc(S(=O)(=O)Nc2cc(C(N)=O)[nH]n2)cc1Cl. The zero-order valence-electron chi connectivity index (χ0n) is 10.8. The number of aromatic nitrogens is 2. The minimum atomic E-state index is -3.85. The summed E-state index contributed by atoms with van der Waals surface area (Å²) < 4.78 is 26.6. The zero-order chi connectivity index (χ0) is 15.6. The van der Waals surface area contributed by atoms with Crippen LogP contribution in [0.4, 0.5) is 5.82 Å². The van der Waals surface area contributed by atoms with Crippen LogP contribution in [-0.4, -0.2) is 30.8 Å². The molecule has 1 heterocycles. The highest BCUT2D eigenvalue weighted by atomic mass is 35.5. The van der Waals surface area contributed by atoms with E-state index in [1.54, 1.807) is 6.07 Å². The summed E-state index contributed by atoms with van der Waals surface area (Å²) in [5, 5.41) is 6.32. The minimum absolute atomic E-state index is 0.00321. The van der Waals surface area contributed by atoms with Crippen molar-refractivity contribution >= 4 is 45.1 Å². The van der Waals surface area contributed by atoms with E-state index >= 15 is 0 Å². The standard InChI is InChI=1S/C11H11ClN4O3S2/c1-20-9-3-2-6(4-7(9)12)21(18,19)16-10-5-8(11(13)17)14-15-10/h2-5H,1H3,(H2,13,17)(H2,14,15,16). The molecule has 2 rings (SSSR count). The van der Waals surface area contributed by atoms with Crippen LogP contribution in [0, 0.1) is 0 Å². The van der Waals surface area contributed by atoms with Crippen molar-refractivity contribution in [3.8, 4) is 0 Å². The maximum absolute atomic E-state index is 12.2. The summed E-state index contributed by atoms with van der Waals surface area (Å²) >= 11 is 7.40. The fourth-order valence-corrected chi connectivity index (χ4v) is 3.46. The Morgan fingerprint density at radius 1 is 1.43 bits per heavy atom. The van der Waals surface area contributed by atoms with Crippen molar-refractivity contribution in [3.63, 3.8) is 0 Å². The van der Waals surface area contributed by atoms with Crippen LogP contribution in [0.1, 0.15) is 10.5 Å². The van der Waals surface area contributed by atoms with Gasteiger partial charge in [0.2, 0.25) is 0 Å². The van der Waals surface area contributed by atoms with Gasteiger partial charge in [-0.25, -0.2) is 8.42 Å². The van der Waals surface area contributed by atoms with Crippen LogP contribution < -0.4 is 10.5 Å². The largest absolute Gasteiger partial charge is 0.364 e. The van der Waals surface area contributed by atoms with Gasteiger partial charge in [0.1, 0.15) is 5.69 Å². The lowest BCUT2D eigenvalue weighted by Crippen LogP contribution is -2.13. The molecule has 0 aliphatic rings. The Balaban J connectivity index is 2.29. The van der Waals surface area contributed by atoms with E-state index in [1.807, 2.05) is 6.26 Å². The summed E-state index contributed by atoms with van der Waals surface area (Å²) in [6.07, 6.45) is 1.84. The number of hydrogen-bond donors (Lipinski definition) is 3. The number of amides is 1. The summed E-state index contributed by atoms with van der Waals surface area (Å²) in [5.74, 6) is -0.769.